The second kappa shape index (κ2) is 8.48. The lowest BCUT2D eigenvalue weighted by atomic mass is 10.1. The maximum Gasteiger partial charge on any atom is 0.169 e. The molecule has 5 heteroatoms. The first kappa shape index (κ1) is 16.4. The van der Waals surface area contributed by atoms with Crippen molar-refractivity contribution >= 4 is 11.6 Å². The van der Waals surface area contributed by atoms with Crippen molar-refractivity contribution in [3.8, 4) is 0 Å². The van der Waals surface area contributed by atoms with Crippen LogP contribution in [0.5, 0.6) is 0 Å². The highest BCUT2D eigenvalue weighted by Gasteiger charge is 2.13. The highest BCUT2D eigenvalue weighted by atomic mass is 35.5. The van der Waals surface area contributed by atoms with E-state index in [4.69, 9.17) is 21.1 Å². The molecular weight excluding hydrogens is 269 g/mol. The zero-order valence-corrected chi connectivity index (χ0v) is 12.3. The standard InChI is InChI=1S/C14H21ClFNO2/c1-4-18-14(19-5-2)9-17-10(3)12-7-6-11(16)8-13(12)15/h6-8,10,14,17H,4-5,9H2,1-3H3. The smallest absolute Gasteiger partial charge is 0.169 e. The van der Waals surface area contributed by atoms with Gasteiger partial charge in [-0.15, -0.1) is 0 Å². The lowest BCUT2D eigenvalue weighted by molar-refractivity contribution is -0.133. The summed E-state index contributed by atoms with van der Waals surface area (Å²) in [5.74, 6) is -0.331. The number of ether oxygens (including phenoxy) is 2. The quantitative estimate of drug-likeness (QED) is 0.743. The Balaban J connectivity index is 2.55. The summed E-state index contributed by atoms with van der Waals surface area (Å²) in [6.07, 6.45) is -0.281. The zero-order chi connectivity index (χ0) is 14.3. The van der Waals surface area contributed by atoms with Gasteiger partial charge in [0.05, 0.1) is 0 Å². The van der Waals surface area contributed by atoms with Crippen molar-refractivity contribution in [1.82, 2.24) is 5.32 Å². The molecule has 1 aromatic carbocycles. The predicted octanol–water partition coefficient (Wildman–Crippen LogP) is 3.53. The van der Waals surface area contributed by atoms with Crippen LogP contribution in [0.3, 0.4) is 0 Å². The van der Waals surface area contributed by atoms with Crippen LogP contribution in [0.25, 0.3) is 0 Å². The minimum atomic E-state index is -0.331. The second-order valence-corrected chi connectivity index (χ2v) is 4.54. The lowest BCUT2D eigenvalue weighted by Gasteiger charge is -2.21. The van der Waals surface area contributed by atoms with Crippen LogP contribution < -0.4 is 5.32 Å². The van der Waals surface area contributed by atoms with E-state index in [0.717, 1.165) is 5.56 Å². The molecular formula is C14H21ClFNO2. The second-order valence-electron chi connectivity index (χ2n) is 4.14. The average molecular weight is 290 g/mol. The van der Waals surface area contributed by atoms with Gasteiger partial charge in [-0.05, 0) is 38.5 Å². The van der Waals surface area contributed by atoms with Crippen LogP contribution in [0.15, 0.2) is 18.2 Å². The van der Waals surface area contributed by atoms with Crippen molar-refractivity contribution in [3.05, 3.63) is 34.6 Å². The van der Waals surface area contributed by atoms with Crippen molar-refractivity contribution in [2.24, 2.45) is 0 Å². The van der Waals surface area contributed by atoms with Gasteiger partial charge < -0.3 is 14.8 Å². The number of halogens is 2. The zero-order valence-electron chi connectivity index (χ0n) is 11.6. The van der Waals surface area contributed by atoms with Crippen molar-refractivity contribution < 1.29 is 13.9 Å². The number of benzene rings is 1. The monoisotopic (exact) mass is 289 g/mol. The molecule has 0 bridgehead atoms. The van der Waals surface area contributed by atoms with Gasteiger partial charge in [-0.3, -0.25) is 0 Å². The molecule has 1 aromatic rings. The fraction of sp³-hybridized carbons (Fsp3) is 0.571. The first-order chi connectivity index (χ1) is 9.08. The van der Waals surface area contributed by atoms with Crippen LogP contribution >= 0.6 is 11.6 Å². The summed E-state index contributed by atoms with van der Waals surface area (Å²) in [7, 11) is 0. The van der Waals surface area contributed by atoms with Gasteiger partial charge in [0.2, 0.25) is 0 Å². The van der Waals surface area contributed by atoms with Crippen molar-refractivity contribution in [1.29, 1.82) is 0 Å². The molecule has 0 spiro atoms. The first-order valence-electron chi connectivity index (χ1n) is 6.50. The SMILES string of the molecule is CCOC(CNC(C)c1ccc(F)cc1Cl)OCC. The van der Waals surface area contributed by atoms with E-state index in [-0.39, 0.29) is 18.1 Å². The van der Waals surface area contributed by atoms with Gasteiger partial charge in [0.25, 0.3) is 0 Å². The molecule has 0 aliphatic rings. The molecule has 1 unspecified atom stereocenters. The summed E-state index contributed by atoms with van der Waals surface area (Å²) in [5, 5.41) is 3.69. The maximum absolute atomic E-state index is 13.0. The molecule has 1 N–H and O–H groups in total. The summed E-state index contributed by atoms with van der Waals surface area (Å²) < 4.78 is 23.9. The summed E-state index contributed by atoms with van der Waals surface area (Å²) in [6, 6.07) is 4.40. The number of hydrogen-bond donors (Lipinski definition) is 1. The topological polar surface area (TPSA) is 30.5 Å². The maximum atomic E-state index is 13.0. The molecule has 0 aliphatic carbocycles. The van der Waals surface area contributed by atoms with Gasteiger partial charge in [-0.25, -0.2) is 4.39 Å². The molecule has 0 heterocycles. The molecule has 1 rings (SSSR count). The number of nitrogens with one attached hydrogen (secondary N) is 1. The molecule has 108 valence electrons. The third-order valence-corrected chi connectivity index (χ3v) is 3.05. The van der Waals surface area contributed by atoms with E-state index < -0.39 is 0 Å². The molecule has 0 aromatic heterocycles. The first-order valence-corrected chi connectivity index (χ1v) is 6.87. The van der Waals surface area contributed by atoms with E-state index in [0.29, 0.717) is 24.8 Å². The van der Waals surface area contributed by atoms with E-state index in [1.54, 1.807) is 6.07 Å². The largest absolute Gasteiger partial charge is 0.352 e. The van der Waals surface area contributed by atoms with E-state index >= 15 is 0 Å². The van der Waals surface area contributed by atoms with Crippen LogP contribution in [0, 0.1) is 5.82 Å². The van der Waals surface area contributed by atoms with Crippen molar-refractivity contribution in [3.63, 3.8) is 0 Å². The molecule has 19 heavy (non-hydrogen) atoms. The van der Waals surface area contributed by atoms with E-state index in [9.17, 15) is 4.39 Å². The Morgan fingerprint density at radius 3 is 2.42 bits per heavy atom. The lowest BCUT2D eigenvalue weighted by Crippen LogP contribution is -2.33. The number of hydrogen-bond acceptors (Lipinski definition) is 3. The molecule has 0 aliphatic heterocycles. The summed E-state index contributed by atoms with van der Waals surface area (Å²) >= 11 is 6.02. The minimum absolute atomic E-state index is 0.00323. The van der Waals surface area contributed by atoms with E-state index in [1.165, 1.54) is 12.1 Å². The minimum Gasteiger partial charge on any atom is -0.352 e. The molecule has 3 nitrogen and oxygen atoms in total. The Kier molecular flexibility index (Phi) is 7.31. The third-order valence-electron chi connectivity index (χ3n) is 2.72. The predicted molar refractivity (Wildman–Crippen MR) is 74.9 cm³/mol. The Morgan fingerprint density at radius 1 is 1.26 bits per heavy atom. The van der Waals surface area contributed by atoms with Gasteiger partial charge in [0, 0.05) is 30.8 Å². The molecule has 0 saturated carbocycles. The Hall–Kier alpha value is -0.680. The molecule has 0 amide bonds. The summed E-state index contributed by atoms with van der Waals surface area (Å²) in [6.45, 7) is 7.55. The summed E-state index contributed by atoms with van der Waals surface area (Å²) in [4.78, 5) is 0. The Bertz CT molecular complexity index is 384. The van der Waals surface area contributed by atoms with Crippen LogP contribution in [-0.2, 0) is 9.47 Å². The fourth-order valence-corrected chi connectivity index (χ4v) is 2.10. The van der Waals surface area contributed by atoms with E-state index in [2.05, 4.69) is 5.32 Å². The van der Waals surface area contributed by atoms with Crippen LogP contribution in [0.4, 0.5) is 4.39 Å². The van der Waals surface area contributed by atoms with Crippen LogP contribution in [0.1, 0.15) is 32.4 Å². The normalized spacial score (nSPS) is 12.9. The summed E-state index contributed by atoms with van der Waals surface area (Å²) in [5.41, 5.74) is 0.856. The average Bonchev–Trinajstić information content (AvgIpc) is 2.36. The molecule has 0 radical (unpaired) electrons. The third kappa shape index (κ3) is 5.45. The number of rotatable bonds is 8. The van der Waals surface area contributed by atoms with Gasteiger partial charge >= 0.3 is 0 Å². The van der Waals surface area contributed by atoms with Crippen LogP contribution in [0.2, 0.25) is 5.02 Å². The van der Waals surface area contributed by atoms with E-state index in [1.807, 2.05) is 20.8 Å². The molecule has 0 saturated heterocycles. The Labute approximate surface area is 119 Å². The highest BCUT2D eigenvalue weighted by Crippen LogP contribution is 2.23. The van der Waals surface area contributed by atoms with Crippen molar-refractivity contribution in [2.45, 2.75) is 33.1 Å². The van der Waals surface area contributed by atoms with Crippen LogP contribution in [-0.4, -0.2) is 26.0 Å². The molecule has 1 atom stereocenters. The van der Waals surface area contributed by atoms with Gasteiger partial charge in [0.1, 0.15) is 5.82 Å². The van der Waals surface area contributed by atoms with Gasteiger partial charge in [0.15, 0.2) is 6.29 Å². The molecule has 0 fully saturated rings. The van der Waals surface area contributed by atoms with Gasteiger partial charge in [-0.2, -0.15) is 0 Å². The fourth-order valence-electron chi connectivity index (χ4n) is 1.77. The highest BCUT2D eigenvalue weighted by molar-refractivity contribution is 6.31. The van der Waals surface area contributed by atoms with Crippen molar-refractivity contribution in [2.75, 3.05) is 19.8 Å². The Morgan fingerprint density at radius 2 is 1.89 bits per heavy atom. The van der Waals surface area contributed by atoms with Gasteiger partial charge in [-0.1, -0.05) is 17.7 Å².